The molecule has 110 valence electrons. The molecule has 8 heteroatoms. The van der Waals surface area contributed by atoms with E-state index < -0.39 is 0 Å². The monoisotopic (exact) mass is 314 g/mol. The average Bonchev–Trinajstić information content (AvgIpc) is 2.87. The molecule has 0 unspecified atom stereocenters. The maximum absolute atomic E-state index is 12.3. The van der Waals surface area contributed by atoms with Crippen LogP contribution in [0.2, 0.25) is 0 Å². The van der Waals surface area contributed by atoms with Gasteiger partial charge in [0.1, 0.15) is 6.61 Å². The molecule has 1 aromatic heterocycles. The van der Waals surface area contributed by atoms with Crippen LogP contribution in [-0.4, -0.2) is 65.0 Å². The standard InChI is InChI=1S/C12H18N4O2S2/c1-18-8-10-13-12(20-14-10)16-6-9(7-16)11(17)15-2-4-19-5-3-15/h9H,2-8H2,1H3. The average molecular weight is 314 g/mol. The van der Waals surface area contributed by atoms with E-state index in [2.05, 4.69) is 14.3 Å². The SMILES string of the molecule is COCc1nsc(N2CC(C(=O)N3CCSCC3)C2)n1. The third-order valence-electron chi connectivity index (χ3n) is 3.55. The van der Waals surface area contributed by atoms with Gasteiger partial charge in [-0.05, 0) is 0 Å². The van der Waals surface area contributed by atoms with Gasteiger partial charge in [0.05, 0.1) is 5.92 Å². The van der Waals surface area contributed by atoms with Crippen molar-refractivity contribution in [2.45, 2.75) is 6.61 Å². The molecule has 0 saturated carbocycles. The first-order valence-corrected chi connectivity index (χ1v) is 8.63. The fraction of sp³-hybridized carbons (Fsp3) is 0.750. The smallest absolute Gasteiger partial charge is 0.229 e. The minimum Gasteiger partial charge on any atom is -0.377 e. The Morgan fingerprint density at radius 1 is 1.40 bits per heavy atom. The van der Waals surface area contributed by atoms with Crippen LogP contribution in [0, 0.1) is 5.92 Å². The molecule has 0 spiro atoms. The summed E-state index contributed by atoms with van der Waals surface area (Å²) in [6.07, 6.45) is 0. The van der Waals surface area contributed by atoms with E-state index in [0.717, 1.165) is 48.6 Å². The number of hydrogen-bond acceptors (Lipinski definition) is 7. The molecule has 3 rings (SSSR count). The number of methoxy groups -OCH3 is 1. The molecule has 2 fully saturated rings. The Bertz CT molecular complexity index is 470. The number of carbonyl (C=O) groups excluding carboxylic acids is 1. The number of hydrogen-bond donors (Lipinski definition) is 0. The summed E-state index contributed by atoms with van der Waals surface area (Å²) < 4.78 is 9.25. The van der Waals surface area contributed by atoms with Gasteiger partial charge in [0.2, 0.25) is 11.0 Å². The third kappa shape index (κ3) is 2.91. The molecule has 0 bridgehead atoms. The zero-order valence-electron chi connectivity index (χ0n) is 11.4. The molecule has 20 heavy (non-hydrogen) atoms. The first-order valence-electron chi connectivity index (χ1n) is 6.71. The van der Waals surface area contributed by atoms with Crippen LogP contribution < -0.4 is 4.90 Å². The van der Waals surface area contributed by atoms with E-state index in [1.807, 2.05) is 16.7 Å². The second-order valence-corrected chi connectivity index (χ2v) is 6.92. The number of carbonyl (C=O) groups is 1. The highest BCUT2D eigenvalue weighted by Crippen LogP contribution is 2.28. The highest BCUT2D eigenvalue weighted by Gasteiger charge is 2.37. The van der Waals surface area contributed by atoms with E-state index in [1.54, 1.807) is 7.11 Å². The summed E-state index contributed by atoms with van der Waals surface area (Å²) in [6, 6.07) is 0. The zero-order valence-corrected chi connectivity index (χ0v) is 13.1. The second kappa shape index (κ2) is 6.28. The van der Waals surface area contributed by atoms with Crippen LogP contribution in [0.4, 0.5) is 5.13 Å². The van der Waals surface area contributed by atoms with Crippen molar-refractivity contribution in [2.24, 2.45) is 5.92 Å². The minimum absolute atomic E-state index is 0.132. The zero-order chi connectivity index (χ0) is 13.9. The molecule has 0 aromatic carbocycles. The van der Waals surface area contributed by atoms with Crippen LogP contribution in [0.3, 0.4) is 0 Å². The lowest BCUT2D eigenvalue weighted by Crippen LogP contribution is -2.55. The lowest BCUT2D eigenvalue weighted by Gasteiger charge is -2.41. The molecule has 2 saturated heterocycles. The number of thioether (sulfide) groups is 1. The Balaban J connectivity index is 1.51. The maximum Gasteiger partial charge on any atom is 0.229 e. The van der Waals surface area contributed by atoms with Crippen molar-refractivity contribution in [2.75, 3.05) is 49.7 Å². The van der Waals surface area contributed by atoms with Crippen molar-refractivity contribution >= 4 is 34.3 Å². The van der Waals surface area contributed by atoms with Crippen molar-refractivity contribution < 1.29 is 9.53 Å². The van der Waals surface area contributed by atoms with Crippen LogP contribution in [0.5, 0.6) is 0 Å². The van der Waals surface area contributed by atoms with Crippen molar-refractivity contribution in [3.8, 4) is 0 Å². The summed E-state index contributed by atoms with van der Waals surface area (Å²) in [5.74, 6) is 3.30. The Morgan fingerprint density at radius 3 is 2.85 bits per heavy atom. The fourth-order valence-electron chi connectivity index (χ4n) is 2.39. The molecule has 0 radical (unpaired) electrons. The van der Waals surface area contributed by atoms with E-state index in [1.165, 1.54) is 11.5 Å². The van der Waals surface area contributed by atoms with Crippen molar-refractivity contribution in [3.63, 3.8) is 0 Å². The quantitative estimate of drug-likeness (QED) is 0.815. The lowest BCUT2D eigenvalue weighted by molar-refractivity contribution is -0.135. The van der Waals surface area contributed by atoms with E-state index >= 15 is 0 Å². The Hall–Kier alpha value is -0.860. The van der Waals surface area contributed by atoms with Gasteiger partial charge in [-0.15, -0.1) is 0 Å². The minimum atomic E-state index is 0.132. The largest absolute Gasteiger partial charge is 0.377 e. The van der Waals surface area contributed by atoms with Gasteiger partial charge in [-0.25, -0.2) is 4.98 Å². The number of rotatable bonds is 4. The molecule has 1 amide bonds. The van der Waals surface area contributed by atoms with E-state index in [4.69, 9.17) is 4.74 Å². The van der Waals surface area contributed by atoms with Gasteiger partial charge in [0.15, 0.2) is 5.82 Å². The lowest BCUT2D eigenvalue weighted by atomic mass is 9.99. The molecule has 0 aliphatic carbocycles. The van der Waals surface area contributed by atoms with Crippen LogP contribution in [0.25, 0.3) is 0 Å². The number of amides is 1. The predicted molar refractivity (Wildman–Crippen MR) is 80.2 cm³/mol. The summed E-state index contributed by atoms with van der Waals surface area (Å²) in [5, 5.41) is 0.898. The summed E-state index contributed by atoms with van der Waals surface area (Å²) in [7, 11) is 1.63. The molecule has 3 heterocycles. The maximum atomic E-state index is 12.3. The van der Waals surface area contributed by atoms with Crippen LogP contribution >= 0.6 is 23.3 Å². The predicted octanol–water partition coefficient (Wildman–Crippen LogP) is 0.696. The van der Waals surface area contributed by atoms with Gasteiger partial charge in [0.25, 0.3) is 0 Å². The van der Waals surface area contributed by atoms with E-state index in [0.29, 0.717) is 12.5 Å². The van der Waals surface area contributed by atoms with Crippen molar-refractivity contribution in [1.82, 2.24) is 14.3 Å². The summed E-state index contributed by atoms with van der Waals surface area (Å²) in [4.78, 5) is 20.8. The molecule has 2 aliphatic rings. The topological polar surface area (TPSA) is 58.6 Å². The van der Waals surface area contributed by atoms with Gasteiger partial charge in [0, 0.05) is 56.3 Å². The van der Waals surface area contributed by atoms with Gasteiger partial charge < -0.3 is 14.5 Å². The second-order valence-electron chi connectivity index (χ2n) is 4.97. The van der Waals surface area contributed by atoms with E-state index in [-0.39, 0.29) is 5.92 Å². The summed E-state index contributed by atoms with van der Waals surface area (Å²) in [5.41, 5.74) is 0. The Labute approximate surface area is 126 Å². The molecule has 2 aliphatic heterocycles. The molecule has 6 nitrogen and oxygen atoms in total. The highest BCUT2D eigenvalue weighted by atomic mass is 32.2. The molecule has 0 atom stereocenters. The number of anilines is 1. The number of aromatic nitrogens is 2. The van der Waals surface area contributed by atoms with Crippen molar-refractivity contribution in [1.29, 1.82) is 0 Å². The van der Waals surface area contributed by atoms with Gasteiger partial charge >= 0.3 is 0 Å². The van der Waals surface area contributed by atoms with Crippen LogP contribution in [0.15, 0.2) is 0 Å². The molecular weight excluding hydrogens is 296 g/mol. The fourth-order valence-corrected chi connectivity index (χ4v) is 3.99. The summed E-state index contributed by atoms with van der Waals surface area (Å²) >= 11 is 3.30. The first kappa shape index (κ1) is 14.1. The van der Waals surface area contributed by atoms with Gasteiger partial charge in [-0.1, -0.05) is 0 Å². The number of ether oxygens (including phenoxy) is 1. The van der Waals surface area contributed by atoms with Gasteiger partial charge in [-0.3, -0.25) is 4.79 Å². The third-order valence-corrected chi connectivity index (χ3v) is 5.31. The molecule has 1 aromatic rings. The number of nitrogens with zero attached hydrogens (tertiary/aromatic N) is 4. The highest BCUT2D eigenvalue weighted by molar-refractivity contribution is 7.99. The first-order chi connectivity index (χ1) is 9.78. The Kier molecular flexibility index (Phi) is 4.42. The summed E-state index contributed by atoms with van der Waals surface area (Å²) in [6.45, 7) is 3.78. The van der Waals surface area contributed by atoms with Crippen LogP contribution in [-0.2, 0) is 16.1 Å². The van der Waals surface area contributed by atoms with Crippen molar-refractivity contribution in [3.05, 3.63) is 5.82 Å². The van der Waals surface area contributed by atoms with E-state index in [9.17, 15) is 4.79 Å². The molecular formula is C12H18N4O2S2. The Morgan fingerprint density at radius 2 is 2.15 bits per heavy atom. The molecule has 0 N–H and O–H groups in total. The normalized spacial score (nSPS) is 20.1. The van der Waals surface area contributed by atoms with Gasteiger partial charge in [-0.2, -0.15) is 16.1 Å². The van der Waals surface area contributed by atoms with Crippen LogP contribution in [0.1, 0.15) is 5.82 Å².